The molecule has 1 aromatic carbocycles. The van der Waals surface area contributed by atoms with Crippen molar-refractivity contribution in [2.45, 2.75) is 42.1 Å². The Kier molecular flexibility index (Phi) is 3.74. The third kappa shape index (κ3) is 2.56. The highest BCUT2D eigenvalue weighted by Gasteiger charge is 2.47. The fourth-order valence-corrected chi connectivity index (χ4v) is 8.02. The summed E-state index contributed by atoms with van der Waals surface area (Å²) < 4.78 is 24.9. The standard InChI is InChI=1S/C20H20N2O3S2/c21-20(23)16-9-12(18-2-1-5-26-18)8-15-17(10-22-19(15)16)11-6-13-3-4-14(7-11)27(13,24)25/h1-2,5,8-11,13-14,22H,3-4,6-7H2,(H2,21,23)/t11-,13-,14+. The van der Waals surface area contributed by atoms with Gasteiger partial charge in [-0.05, 0) is 66.3 Å². The van der Waals surface area contributed by atoms with Gasteiger partial charge < -0.3 is 10.7 Å². The molecule has 3 aromatic rings. The zero-order valence-corrected chi connectivity index (χ0v) is 16.3. The first-order valence-corrected chi connectivity index (χ1v) is 11.7. The van der Waals surface area contributed by atoms with Crippen LogP contribution in [-0.2, 0) is 9.84 Å². The van der Waals surface area contributed by atoms with Crippen molar-refractivity contribution in [1.82, 2.24) is 4.98 Å². The van der Waals surface area contributed by atoms with Gasteiger partial charge in [0.25, 0.3) is 5.91 Å². The summed E-state index contributed by atoms with van der Waals surface area (Å²) in [6.45, 7) is 0. The van der Waals surface area contributed by atoms with Crippen molar-refractivity contribution in [3.63, 3.8) is 0 Å². The molecule has 0 radical (unpaired) electrons. The molecule has 0 saturated carbocycles. The fourth-order valence-electron chi connectivity index (χ4n) is 4.83. The van der Waals surface area contributed by atoms with E-state index in [1.807, 2.05) is 29.8 Å². The van der Waals surface area contributed by atoms with Crippen LogP contribution >= 0.6 is 11.3 Å². The molecule has 0 unspecified atom stereocenters. The molecule has 0 aliphatic carbocycles. The average Bonchev–Trinajstić information content (AvgIpc) is 3.31. The SMILES string of the molecule is NC(=O)c1cc(-c2cccs2)cc2c([C@@H]3C[C@H]4CC[C@@H](C3)S4(=O)=O)c[nH]c12. The van der Waals surface area contributed by atoms with Crippen LogP contribution in [0.25, 0.3) is 21.3 Å². The molecule has 3 N–H and O–H groups in total. The first-order chi connectivity index (χ1) is 12.9. The zero-order chi connectivity index (χ0) is 18.8. The second-order valence-corrected chi connectivity index (χ2v) is 11.1. The van der Waals surface area contributed by atoms with E-state index in [9.17, 15) is 13.2 Å². The van der Waals surface area contributed by atoms with Gasteiger partial charge in [-0.2, -0.15) is 0 Å². The molecule has 0 spiro atoms. The van der Waals surface area contributed by atoms with Gasteiger partial charge >= 0.3 is 0 Å². The number of carbonyl (C=O) groups excluding carboxylic acids is 1. The largest absolute Gasteiger partial charge is 0.366 e. The molecule has 2 aliphatic heterocycles. The molecule has 7 heteroatoms. The van der Waals surface area contributed by atoms with Gasteiger partial charge in [-0.15, -0.1) is 11.3 Å². The lowest BCUT2D eigenvalue weighted by Crippen LogP contribution is -2.31. The fraction of sp³-hybridized carbons (Fsp3) is 0.350. The number of aromatic nitrogens is 1. The van der Waals surface area contributed by atoms with Crippen molar-refractivity contribution in [2.24, 2.45) is 5.73 Å². The number of nitrogens with one attached hydrogen (secondary N) is 1. The summed E-state index contributed by atoms with van der Waals surface area (Å²) in [5.41, 5.74) is 8.95. The van der Waals surface area contributed by atoms with Gasteiger partial charge in [0.15, 0.2) is 9.84 Å². The van der Waals surface area contributed by atoms with Gasteiger partial charge in [0.1, 0.15) is 0 Å². The molecule has 27 heavy (non-hydrogen) atoms. The van der Waals surface area contributed by atoms with Crippen LogP contribution in [0.15, 0.2) is 35.8 Å². The predicted octanol–water partition coefficient (Wildman–Crippen LogP) is 3.82. The van der Waals surface area contributed by atoms with Crippen LogP contribution < -0.4 is 5.73 Å². The summed E-state index contributed by atoms with van der Waals surface area (Å²) in [4.78, 5) is 16.4. The van der Waals surface area contributed by atoms with E-state index in [0.717, 1.165) is 39.7 Å². The summed E-state index contributed by atoms with van der Waals surface area (Å²) >= 11 is 1.62. The number of primary amides is 1. The van der Waals surface area contributed by atoms with Gasteiger partial charge in [-0.25, -0.2) is 8.42 Å². The lowest BCUT2D eigenvalue weighted by molar-refractivity contribution is 0.100. The molecule has 1 amide bonds. The second kappa shape index (κ2) is 5.94. The average molecular weight is 401 g/mol. The Morgan fingerprint density at radius 1 is 1.19 bits per heavy atom. The van der Waals surface area contributed by atoms with E-state index >= 15 is 0 Å². The van der Waals surface area contributed by atoms with Crippen LogP contribution in [0.5, 0.6) is 0 Å². The number of carbonyl (C=O) groups is 1. The molecule has 2 aliphatic rings. The summed E-state index contributed by atoms with van der Waals surface area (Å²) in [5, 5.41) is 2.55. The summed E-state index contributed by atoms with van der Waals surface area (Å²) in [7, 11) is -2.95. The monoisotopic (exact) mass is 400 g/mol. The Morgan fingerprint density at radius 2 is 1.93 bits per heavy atom. The van der Waals surface area contributed by atoms with Crippen molar-refractivity contribution in [3.05, 3.63) is 47.0 Å². The molecular formula is C20H20N2O3S2. The first kappa shape index (κ1) is 17.0. The van der Waals surface area contributed by atoms with Gasteiger partial charge in [0, 0.05) is 16.5 Å². The number of rotatable bonds is 3. The molecule has 3 atom stereocenters. The molecule has 2 fully saturated rings. The minimum absolute atomic E-state index is 0.194. The van der Waals surface area contributed by atoms with E-state index in [1.54, 1.807) is 11.3 Å². The smallest absolute Gasteiger partial charge is 0.250 e. The Hall–Kier alpha value is -2.12. The zero-order valence-electron chi connectivity index (χ0n) is 14.6. The van der Waals surface area contributed by atoms with E-state index in [2.05, 4.69) is 11.1 Å². The Morgan fingerprint density at radius 3 is 2.56 bits per heavy atom. The summed E-state index contributed by atoms with van der Waals surface area (Å²) in [6, 6.07) is 7.95. The highest BCUT2D eigenvalue weighted by molar-refractivity contribution is 7.93. The quantitative estimate of drug-likeness (QED) is 0.700. The Labute approximate surface area is 161 Å². The maximum atomic E-state index is 12.4. The molecule has 4 heterocycles. The molecule has 140 valence electrons. The third-order valence-electron chi connectivity index (χ3n) is 6.17. The minimum Gasteiger partial charge on any atom is -0.366 e. The van der Waals surface area contributed by atoms with Crippen LogP contribution in [-0.4, -0.2) is 29.8 Å². The number of hydrogen-bond donors (Lipinski definition) is 2. The number of hydrogen-bond acceptors (Lipinski definition) is 4. The molecule has 5 rings (SSSR count). The van der Waals surface area contributed by atoms with Crippen molar-refractivity contribution in [2.75, 3.05) is 0 Å². The molecular weight excluding hydrogens is 380 g/mol. The number of H-pyrrole nitrogens is 1. The highest BCUT2D eigenvalue weighted by Crippen LogP contribution is 2.47. The van der Waals surface area contributed by atoms with Gasteiger partial charge in [0.05, 0.1) is 21.6 Å². The van der Waals surface area contributed by atoms with Gasteiger partial charge in [0.2, 0.25) is 0 Å². The van der Waals surface area contributed by atoms with Crippen LogP contribution in [0.2, 0.25) is 0 Å². The van der Waals surface area contributed by atoms with Crippen molar-refractivity contribution < 1.29 is 13.2 Å². The Balaban J connectivity index is 1.65. The normalized spacial score (nSPS) is 26.4. The molecule has 2 aromatic heterocycles. The lowest BCUT2D eigenvalue weighted by Gasteiger charge is -2.27. The Bertz CT molecular complexity index is 1130. The summed E-state index contributed by atoms with van der Waals surface area (Å²) in [5.74, 6) is -0.266. The molecule has 2 saturated heterocycles. The molecule has 5 nitrogen and oxygen atoms in total. The van der Waals surface area contributed by atoms with E-state index in [-0.39, 0.29) is 16.4 Å². The molecule has 2 bridgehead atoms. The van der Waals surface area contributed by atoms with E-state index in [4.69, 9.17) is 5.73 Å². The maximum Gasteiger partial charge on any atom is 0.250 e. The minimum atomic E-state index is -2.95. The first-order valence-electron chi connectivity index (χ1n) is 9.16. The lowest BCUT2D eigenvalue weighted by atomic mass is 9.89. The van der Waals surface area contributed by atoms with Gasteiger partial charge in [-0.3, -0.25) is 4.79 Å². The van der Waals surface area contributed by atoms with E-state index < -0.39 is 15.7 Å². The topological polar surface area (TPSA) is 93.0 Å². The van der Waals surface area contributed by atoms with Crippen molar-refractivity contribution in [1.29, 1.82) is 0 Å². The number of nitrogens with two attached hydrogens (primary N) is 1. The second-order valence-electron chi connectivity index (χ2n) is 7.61. The number of fused-ring (bicyclic) bond motifs is 3. The van der Waals surface area contributed by atoms with Crippen LogP contribution in [0.3, 0.4) is 0 Å². The summed E-state index contributed by atoms with van der Waals surface area (Å²) in [6.07, 6.45) is 4.83. The van der Waals surface area contributed by atoms with Gasteiger partial charge in [-0.1, -0.05) is 6.07 Å². The van der Waals surface area contributed by atoms with Crippen LogP contribution in [0.1, 0.15) is 47.5 Å². The van der Waals surface area contributed by atoms with Crippen molar-refractivity contribution in [3.8, 4) is 10.4 Å². The number of benzene rings is 1. The highest BCUT2D eigenvalue weighted by atomic mass is 32.2. The van der Waals surface area contributed by atoms with Crippen LogP contribution in [0, 0.1) is 0 Å². The van der Waals surface area contributed by atoms with E-state index in [1.165, 1.54) is 0 Å². The number of sulfone groups is 1. The maximum absolute atomic E-state index is 12.4. The number of amides is 1. The number of aromatic amines is 1. The van der Waals surface area contributed by atoms with Crippen LogP contribution in [0.4, 0.5) is 0 Å². The third-order valence-corrected chi connectivity index (χ3v) is 9.80. The predicted molar refractivity (Wildman–Crippen MR) is 108 cm³/mol. The van der Waals surface area contributed by atoms with E-state index in [0.29, 0.717) is 18.4 Å². The number of thiophene rings is 1. The van der Waals surface area contributed by atoms with Crippen molar-refractivity contribution >= 4 is 38.0 Å².